The van der Waals surface area contributed by atoms with E-state index in [4.69, 9.17) is 0 Å². The van der Waals surface area contributed by atoms with E-state index in [1.807, 2.05) is 60.3 Å². The molecular weight excluding hydrogens is 316 g/mol. The second-order valence-corrected chi connectivity index (χ2v) is 4.78. The van der Waals surface area contributed by atoms with Gasteiger partial charge in [-0.2, -0.15) is 0 Å². The summed E-state index contributed by atoms with van der Waals surface area (Å²) in [4.78, 5) is 11.8. The number of carbonyl (C=O) groups is 1. The number of aromatic nitrogens is 1. The Balaban J connectivity index is 0.00000200. The Morgan fingerprint density at radius 2 is 1.55 bits per heavy atom. The predicted molar refractivity (Wildman–Crippen MR) is 75.8 cm³/mol. The van der Waals surface area contributed by atoms with Crippen LogP contribution in [0.4, 0.5) is 5.69 Å². The summed E-state index contributed by atoms with van der Waals surface area (Å²) in [6.07, 6.45) is 4.46. The van der Waals surface area contributed by atoms with Crippen LogP contribution in [0.25, 0.3) is 0 Å². The molecule has 0 saturated carbocycles. The molecule has 2 rings (SSSR count). The first kappa shape index (κ1) is 16.4. The highest BCUT2D eigenvalue weighted by Gasteiger charge is 2.06. The Labute approximate surface area is 130 Å². The Kier molecular flexibility index (Phi) is 6.39. The number of hydrogen-bond acceptors (Lipinski definition) is 1. The molecule has 20 heavy (non-hydrogen) atoms. The van der Waals surface area contributed by atoms with Gasteiger partial charge in [0.15, 0.2) is 18.9 Å². The number of carbonyl (C=O) groups excluding carboxylic acids is 1. The Morgan fingerprint density at radius 1 is 1.00 bits per heavy atom. The minimum Gasteiger partial charge on any atom is -1.00 e. The molecule has 0 saturated heterocycles. The molecule has 0 aliphatic rings. The van der Waals surface area contributed by atoms with E-state index in [9.17, 15) is 4.79 Å². The van der Waals surface area contributed by atoms with Crippen molar-refractivity contribution in [2.24, 2.45) is 0 Å². The molecule has 4 heteroatoms. The van der Waals surface area contributed by atoms with Crippen LogP contribution in [-0.4, -0.2) is 5.91 Å². The first-order valence-electron chi connectivity index (χ1n) is 6.46. The fourth-order valence-corrected chi connectivity index (χ4v) is 1.77. The van der Waals surface area contributed by atoms with Gasteiger partial charge in [0.25, 0.3) is 0 Å². The van der Waals surface area contributed by atoms with Gasteiger partial charge in [-0.05, 0) is 31.5 Å². The minimum atomic E-state index is 0. The van der Waals surface area contributed by atoms with E-state index in [2.05, 4.69) is 12.2 Å². The molecule has 0 atom stereocenters. The van der Waals surface area contributed by atoms with Crippen molar-refractivity contribution in [3.63, 3.8) is 0 Å². The predicted octanol–water partition coefficient (Wildman–Crippen LogP) is -0.376. The third-order valence-electron chi connectivity index (χ3n) is 2.99. The van der Waals surface area contributed by atoms with Crippen molar-refractivity contribution in [1.29, 1.82) is 0 Å². The van der Waals surface area contributed by atoms with Crippen LogP contribution in [0.1, 0.15) is 17.5 Å². The van der Waals surface area contributed by atoms with Crippen molar-refractivity contribution in [2.45, 2.75) is 26.8 Å². The SMILES string of the molecule is Cc1ccc(NC(=O)CC[n+]2ccc(C)cc2)cc1.[Br-]. The minimum absolute atomic E-state index is 0. The highest BCUT2D eigenvalue weighted by molar-refractivity contribution is 5.90. The van der Waals surface area contributed by atoms with Gasteiger partial charge >= 0.3 is 0 Å². The van der Waals surface area contributed by atoms with Crippen LogP contribution >= 0.6 is 0 Å². The van der Waals surface area contributed by atoms with E-state index >= 15 is 0 Å². The fraction of sp³-hybridized carbons (Fsp3) is 0.250. The monoisotopic (exact) mass is 334 g/mol. The highest BCUT2D eigenvalue weighted by atomic mass is 79.9. The lowest BCUT2D eigenvalue weighted by molar-refractivity contribution is -0.695. The van der Waals surface area contributed by atoms with Crippen LogP contribution in [0.5, 0.6) is 0 Å². The van der Waals surface area contributed by atoms with Crippen LogP contribution in [0.15, 0.2) is 48.8 Å². The van der Waals surface area contributed by atoms with Crippen LogP contribution in [0.2, 0.25) is 0 Å². The number of anilines is 1. The lowest BCUT2D eigenvalue weighted by atomic mass is 10.2. The zero-order valence-corrected chi connectivity index (χ0v) is 13.4. The normalized spacial score (nSPS) is 9.70. The van der Waals surface area contributed by atoms with E-state index in [1.54, 1.807) is 0 Å². The van der Waals surface area contributed by atoms with Gasteiger partial charge in [-0.15, -0.1) is 0 Å². The van der Waals surface area contributed by atoms with E-state index in [-0.39, 0.29) is 22.9 Å². The van der Waals surface area contributed by atoms with Crippen LogP contribution in [0.3, 0.4) is 0 Å². The highest BCUT2D eigenvalue weighted by Crippen LogP contribution is 2.08. The van der Waals surface area contributed by atoms with Crippen molar-refractivity contribution in [3.05, 3.63) is 59.9 Å². The average Bonchev–Trinajstić information content (AvgIpc) is 2.41. The van der Waals surface area contributed by atoms with E-state index < -0.39 is 0 Å². The van der Waals surface area contributed by atoms with E-state index in [0.29, 0.717) is 13.0 Å². The number of amides is 1. The molecule has 2 aromatic rings. The summed E-state index contributed by atoms with van der Waals surface area (Å²) in [7, 11) is 0. The van der Waals surface area contributed by atoms with Crippen molar-refractivity contribution in [2.75, 3.05) is 5.32 Å². The molecule has 106 valence electrons. The summed E-state index contributed by atoms with van der Waals surface area (Å²) in [5.41, 5.74) is 3.26. The van der Waals surface area contributed by atoms with Crippen molar-refractivity contribution >= 4 is 11.6 Å². The van der Waals surface area contributed by atoms with Crippen LogP contribution in [0, 0.1) is 13.8 Å². The van der Waals surface area contributed by atoms with E-state index in [0.717, 1.165) is 5.69 Å². The quantitative estimate of drug-likeness (QED) is 0.760. The molecule has 1 heterocycles. The topological polar surface area (TPSA) is 33.0 Å². The first-order valence-corrected chi connectivity index (χ1v) is 6.46. The van der Waals surface area contributed by atoms with E-state index in [1.165, 1.54) is 11.1 Å². The molecule has 3 nitrogen and oxygen atoms in total. The van der Waals surface area contributed by atoms with Crippen LogP contribution < -0.4 is 26.9 Å². The van der Waals surface area contributed by atoms with Crippen LogP contribution in [-0.2, 0) is 11.3 Å². The number of hydrogen-bond donors (Lipinski definition) is 1. The molecule has 0 spiro atoms. The van der Waals surface area contributed by atoms with Gasteiger partial charge in [0, 0.05) is 17.8 Å². The number of pyridine rings is 1. The van der Waals surface area contributed by atoms with Gasteiger partial charge in [-0.25, -0.2) is 4.57 Å². The number of nitrogens with one attached hydrogen (secondary N) is 1. The lowest BCUT2D eigenvalue weighted by Gasteiger charge is -2.04. The molecule has 0 radical (unpaired) electrons. The van der Waals surface area contributed by atoms with Crippen molar-refractivity contribution in [1.82, 2.24) is 0 Å². The van der Waals surface area contributed by atoms with Gasteiger partial charge < -0.3 is 22.3 Å². The number of nitrogens with zero attached hydrogens (tertiary/aromatic N) is 1. The second-order valence-electron chi connectivity index (χ2n) is 4.78. The van der Waals surface area contributed by atoms with Gasteiger partial charge in [0.05, 0.1) is 6.42 Å². The van der Waals surface area contributed by atoms with Gasteiger partial charge in [0.2, 0.25) is 5.91 Å². The molecule has 0 fully saturated rings. The zero-order chi connectivity index (χ0) is 13.7. The Bertz CT molecular complexity index is 550. The van der Waals surface area contributed by atoms with Crippen molar-refractivity contribution in [3.8, 4) is 0 Å². The number of benzene rings is 1. The number of halogens is 1. The maximum Gasteiger partial charge on any atom is 0.230 e. The summed E-state index contributed by atoms with van der Waals surface area (Å²) >= 11 is 0. The number of rotatable bonds is 4. The number of aryl methyl sites for hydroxylation is 3. The first-order chi connectivity index (χ1) is 9.13. The molecule has 1 amide bonds. The maximum absolute atomic E-state index is 11.8. The summed E-state index contributed by atoms with van der Waals surface area (Å²) in [6, 6.07) is 11.9. The average molecular weight is 335 g/mol. The molecule has 0 aliphatic carbocycles. The molecule has 0 bridgehead atoms. The van der Waals surface area contributed by atoms with Gasteiger partial charge in [0.1, 0.15) is 0 Å². The third kappa shape index (κ3) is 5.13. The molecule has 1 N–H and O–H groups in total. The van der Waals surface area contributed by atoms with Gasteiger partial charge in [-0.3, -0.25) is 4.79 Å². The Hall–Kier alpha value is -1.68. The summed E-state index contributed by atoms with van der Waals surface area (Å²) in [5, 5.41) is 2.90. The lowest BCUT2D eigenvalue weighted by Crippen LogP contribution is -3.00. The maximum atomic E-state index is 11.8. The smallest absolute Gasteiger partial charge is 0.230 e. The fourth-order valence-electron chi connectivity index (χ4n) is 1.77. The summed E-state index contributed by atoms with van der Waals surface area (Å²) in [5.74, 6) is 0.0388. The molecular formula is C16H19BrN2O. The summed E-state index contributed by atoms with van der Waals surface area (Å²) < 4.78 is 2.02. The van der Waals surface area contributed by atoms with Crippen molar-refractivity contribution < 1.29 is 26.3 Å². The second kappa shape index (κ2) is 7.80. The standard InChI is InChI=1S/C16H18N2O.BrH/c1-13-3-5-15(6-4-13)17-16(19)9-12-18-10-7-14(2)8-11-18;/h3-8,10-11H,9,12H2,1-2H3;1H. The third-order valence-corrected chi connectivity index (χ3v) is 2.99. The molecule has 1 aromatic carbocycles. The largest absolute Gasteiger partial charge is 1.00 e. The molecule has 1 aromatic heterocycles. The molecule has 0 unspecified atom stereocenters. The molecule has 0 aliphatic heterocycles. The Morgan fingerprint density at radius 3 is 2.15 bits per heavy atom. The van der Waals surface area contributed by atoms with Gasteiger partial charge in [-0.1, -0.05) is 17.7 Å². The zero-order valence-electron chi connectivity index (χ0n) is 11.8. The summed E-state index contributed by atoms with van der Waals surface area (Å²) in [6.45, 7) is 4.77.